The van der Waals surface area contributed by atoms with E-state index in [1.54, 1.807) is 0 Å². The summed E-state index contributed by atoms with van der Waals surface area (Å²) in [5, 5.41) is 19.1. The Morgan fingerprint density at radius 1 is 0.970 bits per heavy atom. The van der Waals surface area contributed by atoms with Crippen LogP contribution < -0.4 is 0 Å². The van der Waals surface area contributed by atoms with E-state index in [0.717, 1.165) is 19.3 Å². The Hall–Kier alpha value is -1.45. The molecule has 10 nitrogen and oxygen atoms in total. The molecule has 1 aliphatic heterocycles. The summed E-state index contributed by atoms with van der Waals surface area (Å²) < 4.78 is 25.1. The van der Waals surface area contributed by atoms with E-state index >= 15 is 0 Å². The molecular formula is C22H39O10P. The molecule has 0 saturated carbocycles. The van der Waals surface area contributed by atoms with Gasteiger partial charge in [-0.2, -0.15) is 0 Å². The number of esters is 2. The van der Waals surface area contributed by atoms with E-state index in [1.165, 1.54) is 57.8 Å². The van der Waals surface area contributed by atoms with E-state index < -0.39 is 50.1 Å². The molecular weight excluding hydrogens is 455 g/mol. The third-order valence-corrected chi connectivity index (χ3v) is 5.96. The Morgan fingerprint density at radius 3 is 1.91 bits per heavy atom. The van der Waals surface area contributed by atoms with Crippen molar-refractivity contribution in [2.75, 3.05) is 6.61 Å². The van der Waals surface area contributed by atoms with E-state index in [9.17, 15) is 24.4 Å². The first-order valence-electron chi connectivity index (χ1n) is 11.9. The molecule has 0 radical (unpaired) electrons. The first-order valence-corrected chi connectivity index (χ1v) is 13.4. The molecule has 1 heterocycles. The number of hydrogen-bond acceptors (Lipinski definition) is 8. The molecule has 0 aromatic heterocycles. The van der Waals surface area contributed by atoms with Crippen molar-refractivity contribution < 1.29 is 48.2 Å². The van der Waals surface area contributed by atoms with Gasteiger partial charge in [0.1, 0.15) is 6.10 Å². The Bertz CT molecular complexity index is 672. The van der Waals surface area contributed by atoms with Crippen LogP contribution in [0.1, 0.15) is 96.8 Å². The maximum Gasteiger partial charge on any atom is 0.470 e. The zero-order chi connectivity index (χ0) is 24.7. The van der Waals surface area contributed by atoms with Gasteiger partial charge in [-0.05, 0) is 6.42 Å². The molecule has 11 heteroatoms. The molecule has 0 unspecified atom stereocenters. The van der Waals surface area contributed by atoms with Crippen LogP contribution in [0.5, 0.6) is 0 Å². The average molecular weight is 495 g/mol. The Balaban J connectivity index is 2.25. The number of unbranched alkanes of at least 4 members (excludes halogenated alkanes) is 12. The molecule has 33 heavy (non-hydrogen) atoms. The molecule has 0 aromatic rings. The second-order valence-corrected chi connectivity index (χ2v) is 9.51. The van der Waals surface area contributed by atoms with Gasteiger partial charge in [0.2, 0.25) is 11.5 Å². The number of carbonyl (C=O) groups is 2. The van der Waals surface area contributed by atoms with E-state index in [0.29, 0.717) is 6.42 Å². The van der Waals surface area contributed by atoms with Crippen molar-refractivity contribution in [2.45, 2.75) is 109 Å². The predicted octanol–water partition coefficient (Wildman–Crippen LogP) is 4.18. The molecule has 0 saturated heterocycles. The molecule has 0 fully saturated rings. The van der Waals surface area contributed by atoms with Crippen LogP contribution in [-0.2, 0) is 28.2 Å². The first-order chi connectivity index (χ1) is 15.7. The Morgan fingerprint density at radius 2 is 1.45 bits per heavy atom. The van der Waals surface area contributed by atoms with Crippen molar-refractivity contribution in [3.8, 4) is 0 Å². The lowest BCUT2D eigenvalue weighted by Gasteiger charge is -2.22. The second-order valence-electron chi connectivity index (χ2n) is 8.32. The number of hydrogen-bond donors (Lipinski definition) is 4. The minimum absolute atomic E-state index is 0.0403. The van der Waals surface area contributed by atoms with Gasteiger partial charge in [0.05, 0.1) is 6.61 Å². The van der Waals surface area contributed by atoms with Gasteiger partial charge >= 0.3 is 19.8 Å². The number of ether oxygens (including phenoxy) is 2. The molecule has 1 rings (SSSR count). The summed E-state index contributed by atoms with van der Waals surface area (Å²) in [6.45, 7) is 1.27. The third kappa shape index (κ3) is 12.5. The molecule has 0 aromatic carbocycles. The fourth-order valence-electron chi connectivity index (χ4n) is 3.63. The fraction of sp³-hybridized carbons (Fsp3) is 0.818. The van der Waals surface area contributed by atoms with Gasteiger partial charge in [0.25, 0.3) is 0 Å². The number of carbonyl (C=O) groups excluding carboxylic acids is 2. The molecule has 0 spiro atoms. The quantitative estimate of drug-likeness (QED) is 0.116. The van der Waals surface area contributed by atoms with Crippen molar-refractivity contribution in [2.24, 2.45) is 0 Å². The molecule has 0 amide bonds. The van der Waals surface area contributed by atoms with Crippen LogP contribution in [0, 0.1) is 0 Å². The van der Waals surface area contributed by atoms with Gasteiger partial charge in [0, 0.05) is 6.42 Å². The van der Waals surface area contributed by atoms with E-state index in [-0.39, 0.29) is 6.42 Å². The van der Waals surface area contributed by atoms with Gasteiger partial charge in [-0.3, -0.25) is 9.32 Å². The highest BCUT2D eigenvalue weighted by atomic mass is 31.2. The first kappa shape index (κ1) is 29.6. The summed E-state index contributed by atoms with van der Waals surface area (Å²) in [6.07, 6.45) is 11.7. The van der Waals surface area contributed by atoms with E-state index in [1.807, 2.05) is 0 Å². The lowest BCUT2D eigenvalue weighted by molar-refractivity contribution is -0.151. The van der Waals surface area contributed by atoms with Crippen molar-refractivity contribution in [1.82, 2.24) is 0 Å². The van der Waals surface area contributed by atoms with Gasteiger partial charge in [-0.1, -0.05) is 84.0 Å². The molecule has 0 bridgehead atoms. The number of cyclic esters (lactones) is 1. The standard InChI is InChI=1S/C22H39O10P/c1-2-3-4-5-6-7-8-9-10-11-12-13-14-15-18(24)30-21-19(25)22(26)31-20(21)17(16-23)32-33(27,28)29/h17,20,23,25H,2-16H2,1H3,(H2,27,28,29)/t17-,20+/m0/s1. The lowest BCUT2D eigenvalue weighted by atomic mass is 10.0. The van der Waals surface area contributed by atoms with Crippen LogP contribution in [0.25, 0.3) is 0 Å². The van der Waals surface area contributed by atoms with Crippen molar-refractivity contribution in [1.29, 1.82) is 0 Å². The van der Waals surface area contributed by atoms with Crippen LogP contribution in [-0.4, -0.2) is 50.8 Å². The minimum atomic E-state index is -5.03. The summed E-state index contributed by atoms with van der Waals surface area (Å²) in [6, 6.07) is 0. The number of phosphoric ester groups is 1. The monoisotopic (exact) mass is 494 g/mol. The Labute approximate surface area is 195 Å². The summed E-state index contributed by atoms with van der Waals surface area (Å²) >= 11 is 0. The predicted molar refractivity (Wildman–Crippen MR) is 120 cm³/mol. The number of phosphoric acid groups is 1. The summed E-state index contributed by atoms with van der Waals surface area (Å²) in [5.74, 6) is -3.58. The van der Waals surface area contributed by atoms with Crippen molar-refractivity contribution in [3.05, 3.63) is 11.5 Å². The average Bonchev–Trinajstić information content (AvgIpc) is 3.03. The highest BCUT2D eigenvalue weighted by Crippen LogP contribution is 2.40. The SMILES string of the molecule is CCCCCCCCCCCCCCCC(=O)OC1=C(O)C(=O)O[C@@H]1[C@H](CO)OP(=O)(O)O. The number of rotatable bonds is 19. The maximum atomic E-state index is 12.1. The number of aliphatic hydroxyl groups excluding tert-OH is 2. The molecule has 4 N–H and O–H groups in total. The van der Waals surface area contributed by atoms with Crippen LogP contribution in [0.2, 0.25) is 0 Å². The zero-order valence-corrected chi connectivity index (χ0v) is 20.3. The smallest absolute Gasteiger partial charge is 0.470 e. The topological polar surface area (TPSA) is 160 Å². The van der Waals surface area contributed by atoms with Crippen LogP contribution >= 0.6 is 7.82 Å². The number of aliphatic hydroxyl groups is 2. The highest BCUT2D eigenvalue weighted by molar-refractivity contribution is 7.46. The van der Waals surface area contributed by atoms with Crippen LogP contribution in [0.4, 0.5) is 0 Å². The van der Waals surface area contributed by atoms with Gasteiger partial charge in [0.15, 0.2) is 6.10 Å². The molecule has 2 atom stereocenters. The summed E-state index contributed by atoms with van der Waals surface area (Å²) in [4.78, 5) is 41.5. The Kier molecular flexibility index (Phi) is 14.5. The molecule has 1 aliphatic rings. The van der Waals surface area contributed by atoms with Gasteiger partial charge in [-0.25, -0.2) is 9.36 Å². The van der Waals surface area contributed by atoms with Gasteiger partial charge in [-0.15, -0.1) is 0 Å². The highest BCUT2D eigenvalue weighted by Gasteiger charge is 2.44. The molecule has 0 aliphatic carbocycles. The van der Waals surface area contributed by atoms with Crippen molar-refractivity contribution >= 4 is 19.8 Å². The van der Waals surface area contributed by atoms with E-state index in [4.69, 9.17) is 19.3 Å². The van der Waals surface area contributed by atoms with E-state index in [2.05, 4.69) is 11.4 Å². The van der Waals surface area contributed by atoms with Crippen molar-refractivity contribution in [3.63, 3.8) is 0 Å². The zero-order valence-electron chi connectivity index (χ0n) is 19.4. The van der Waals surface area contributed by atoms with Gasteiger partial charge < -0.3 is 29.5 Å². The molecule has 192 valence electrons. The lowest BCUT2D eigenvalue weighted by Crippen LogP contribution is -2.35. The summed E-state index contributed by atoms with van der Waals surface area (Å²) in [7, 11) is -5.03. The fourth-order valence-corrected chi connectivity index (χ4v) is 4.16. The maximum absolute atomic E-state index is 12.1. The third-order valence-electron chi connectivity index (χ3n) is 5.42. The second kappa shape index (κ2) is 16.2. The van der Waals surface area contributed by atoms with Crippen LogP contribution in [0.3, 0.4) is 0 Å². The largest absolute Gasteiger partial charge is 0.499 e. The normalized spacial score (nSPS) is 17.3. The summed E-state index contributed by atoms with van der Waals surface area (Å²) in [5.41, 5.74) is 0. The minimum Gasteiger partial charge on any atom is -0.499 e. The van der Waals surface area contributed by atoms with Crippen LogP contribution in [0.15, 0.2) is 11.5 Å².